The van der Waals surface area contributed by atoms with Gasteiger partial charge >= 0.3 is 0 Å². The fraction of sp³-hybridized carbons (Fsp3) is 1.00. The van der Waals surface area contributed by atoms with Crippen molar-refractivity contribution in [3.63, 3.8) is 0 Å². The Morgan fingerprint density at radius 2 is 2.12 bits per heavy atom. The summed E-state index contributed by atoms with van der Waals surface area (Å²) in [4.78, 5) is 2.68. The first-order chi connectivity index (χ1) is 8.13. The summed E-state index contributed by atoms with van der Waals surface area (Å²) < 4.78 is 0. The summed E-state index contributed by atoms with van der Waals surface area (Å²) in [5.74, 6) is 2.09. The minimum absolute atomic E-state index is 0.740. The Balaban J connectivity index is 2.15. The Hall–Kier alpha value is 0.270. The fourth-order valence-electron chi connectivity index (χ4n) is 2.27. The lowest BCUT2D eigenvalue weighted by atomic mass is 10.1. The summed E-state index contributed by atoms with van der Waals surface area (Å²) in [5.41, 5.74) is 0. The van der Waals surface area contributed by atoms with Crippen LogP contribution in [0.1, 0.15) is 40.5 Å². The molecule has 0 aliphatic carbocycles. The molecule has 1 rings (SSSR count). The average molecular weight is 258 g/mol. The zero-order valence-corrected chi connectivity index (χ0v) is 12.9. The molecular weight excluding hydrogens is 228 g/mol. The standard InChI is InChI=1S/C14H30N2S/c1-5-14-11-16(8-9-17-14)13(4)6-7-15-10-12(2)3/h12-15H,5-11H2,1-4H3. The largest absolute Gasteiger partial charge is 0.316 e. The first kappa shape index (κ1) is 15.3. The molecule has 0 aromatic carbocycles. The van der Waals surface area contributed by atoms with Gasteiger partial charge < -0.3 is 5.32 Å². The number of thioether (sulfide) groups is 1. The normalized spacial score (nSPS) is 24.2. The van der Waals surface area contributed by atoms with Gasteiger partial charge in [0.1, 0.15) is 0 Å². The summed E-state index contributed by atoms with van der Waals surface area (Å²) in [6.07, 6.45) is 2.60. The van der Waals surface area contributed by atoms with Gasteiger partial charge in [0.05, 0.1) is 0 Å². The molecule has 1 heterocycles. The second-order valence-electron chi connectivity index (χ2n) is 5.63. The van der Waals surface area contributed by atoms with E-state index in [2.05, 4.69) is 49.7 Å². The van der Waals surface area contributed by atoms with Crippen LogP contribution in [0, 0.1) is 5.92 Å². The average Bonchev–Trinajstić information content (AvgIpc) is 2.34. The maximum atomic E-state index is 3.55. The molecule has 0 saturated carbocycles. The van der Waals surface area contributed by atoms with Gasteiger partial charge in [-0.3, -0.25) is 4.90 Å². The van der Waals surface area contributed by atoms with Crippen LogP contribution in [0.15, 0.2) is 0 Å². The Morgan fingerprint density at radius 1 is 1.35 bits per heavy atom. The van der Waals surface area contributed by atoms with Gasteiger partial charge in [0.25, 0.3) is 0 Å². The molecule has 17 heavy (non-hydrogen) atoms. The Bertz CT molecular complexity index is 197. The highest BCUT2D eigenvalue weighted by atomic mass is 32.2. The van der Waals surface area contributed by atoms with E-state index in [-0.39, 0.29) is 0 Å². The van der Waals surface area contributed by atoms with E-state index in [9.17, 15) is 0 Å². The van der Waals surface area contributed by atoms with E-state index in [1.165, 1.54) is 38.2 Å². The molecule has 102 valence electrons. The molecule has 0 bridgehead atoms. The lowest BCUT2D eigenvalue weighted by molar-refractivity contribution is 0.204. The Morgan fingerprint density at radius 3 is 2.76 bits per heavy atom. The smallest absolute Gasteiger partial charge is 0.0172 e. The molecule has 2 nitrogen and oxygen atoms in total. The molecule has 3 heteroatoms. The first-order valence-electron chi connectivity index (χ1n) is 7.19. The molecule has 2 unspecified atom stereocenters. The highest BCUT2D eigenvalue weighted by Gasteiger charge is 2.22. The van der Waals surface area contributed by atoms with E-state index in [0.29, 0.717) is 0 Å². The lowest BCUT2D eigenvalue weighted by Crippen LogP contribution is -2.44. The molecule has 0 amide bonds. The molecule has 1 saturated heterocycles. The van der Waals surface area contributed by atoms with Crippen molar-refractivity contribution in [3.05, 3.63) is 0 Å². The third-order valence-electron chi connectivity index (χ3n) is 3.54. The van der Waals surface area contributed by atoms with E-state index in [4.69, 9.17) is 0 Å². The maximum absolute atomic E-state index is 3.55. The molecule has 0 radical (unpaired) electrons. The zero-order valence-electron chi connectivity index (χ0n) is 12.0. The maximum Gasteiger partial charge on any atom is 0.0172 e. The van der Waals surface area contributed by atoms with Gasteiger partial charge in [-0.2, -0.15) is 11.8 Å². The van der Waals surface area contributed by atoms with Crippen molar-refractivity contribution >= 4 is 11.8 Å². The molecule has 0 aromatic rings. The van der Waals surface area contributed by atoms with E-state index < -0.39 is 0 Å². The summed E-state index contributed by atoms with van der Waals surface area (Å²) in [6, 6.07) is 0.740. The number of hydrogen-bond donors (Lipinski definition) is 1. The monoisotopic (exact) mass is 258 g/mol. The van der Waals surface area contributed by atoms with E-state index in [1.807, 2.05) is 0 Å². The van der Waals surface area contributed by atoms with Crippen molar-refractivity contribution in [3.8, 4) is 0 Å². The van der Waals surface area contributed by atoms with Gasteiger partial charge in [-0.1, -0.05) is 20.8 Å². The minimum Gasteiger partial charge on any atom is -0.316 e. The van der Waals surface area contributed by atoms with Crippen LogP contribution in [0.4, 0.5) is 0 Å². The Kier molecular flexibility index (Phi) is 7.56. The van der Waals surface area contributed by atoms with Gasteiger partial charge in [-0.25, -0.2) is 0 Å². The highest BCUT2D eigenvalue weighted by Crippen LogP contribution is 2.22. The number of rotatable bonds is 7. The third-order valence-corrected chi connectivity index (χ3v) is 4.91. The first-order valence-corrected chi connectivity index (χ1v) is 8.24. The summed E-state index contributed by atoms with van der Waals surface area (Å²) in [5, 5.41) is 4.42. The molecule has 1 aliphatic rings. The predicted octanol–water partition coefficient (Wildman–Crippen LogP) is 2.84. The zero-order chi connectivity index (χ0) is 12.7. The van der Waals surface area contributed by atoms with Crippen LogP contribution in [0.5, 0.6) is 0 Å². The van der Waals surface area contributed by atoms with Gasteiger partial charge in [0, 0.05) is 30.1 Å². The second-order valence-corrected chi connectivity index (χ2v) is 7.04. The van der Waals surface area contributed by atoms with E-state index in [1.54, 1.807) is 0 Å². The molecule has 0 aromatic heterocycles. The Labute approximate surface area is 112 Å². The SMILES string of the molecule is CCC1CN(C(C)CCNCC(C)C)CCS1. The second kappa shape index (κ2) is 8.39. The van der Waals surface area contributed by atoms with Crippen LogP contribution < -0.4 is 5.32 Å². The quantitative estimate of drug-likeness (QED) is 0.707. The molecule has 1 N–H and O–H groups in total. The number of hydrogen-bond acceptors (Lipinski definition) is 3. The van der Waals surface area contributed by atoms with Crippen LogP contribution in [0.3, 0.4) is 0 Å². The molecule has 1 aliphatic heterocycles. The molecule has 0 spiro atoms. The third kappa shape index (κ3) is 6.12. The van der Waals surface area contributed by atoms with Crippen LogP contribution in [0.2, 0.25) is 0 Å². The van der Waals surface area contributed by atoms with Crippen molar-refractivity contribution in [1.82, 2.24) is 10.2 Å². The van der Waals surface area contributed by atoms with E-state index >= 15 is 0 Å². The topological polar surface area (TPSA) is 15.3 Å². The van der Waals surface area contributed by atoms with Crippen LogP contribution in [0.25, 0.3) is 0 Å². The summed E-state index contributed by atoms with van der Waals surface area (Å²) in [7, 11) is 0. The highest BCUT2D eigenvalue weighted by molar-refractivity contribution is 8.00. The van der Waals surface area contributed by atoms with Crippen LogP contribution in [-0.4, -0.2) is 48.1 Å². The van der Waals surface area contributed by atoms with Crippen molar-refractivity contribution in [2.45, 2.75) is 51.8 Å². The van der Waals surface area contributed by atoms with Gasteiger partial charge in [0.2, 0.25) is 0 Å². The summed E-state index contributed by atoms with van der Waals surface area (Å²) in [6.45, 7) is 14.1. The van der Waals surface area contributed by atoms with E-state index in [0.717, 1.165) is 23.8 Å². The van der Waals surface area contributed by atoms with Gasteiger partial charge in [0.15, 0.2) is 0 Å². The van der Waals surface area contributed by atoms with Crippen molar-refractivity contribution in [2.75, 3.05) is 31.9 Å². The fourth-order valence-corrected chi connectivity index (χ4v) is 3.48. The van der Waals surface area contributed by atoms with Crippen LogP contribution in [-0.2, 0) is 0 Å². The van der Waals surface area contributed by atoms with Gasteiger partial charge in [-0.15, -0.1) is 0 Å². The molecule has 1 fully saturated rings. The minimum atomic E-state index is 0.740. The van der Waals surface area contributed by atoms with Crippen molar-refractivity contribution in [1.29, 1.82) is 0 Å². The summed E-state index contributed by atoms with van der Waals surface area (Å²) >= 11 is 2.16. The van der Waals surface area contributed by atoms with Crippen LogP contribution >= 0.6 is 11.8 Å². The number of nitrogens with zero attached hydrogens (tertiary/aromatic N) is 1. The lowest BCUT2D eigenvalue weighted by Gasteiger charge is -2.36. The number of nitrogens with one attached hydrogen (secondary N) is 1. The van der Waals surface area contributed by atoms with Crippen molar-refractivity contribution in [2.24, 2.45) is 5.92 Å². The van der Waals surface area contributed by atoms with Crippen molar-refractivity contribution < 1.29 is 0 Å². The predicted molar refractivity (Wildman–Crippen MR) is 79.9 cm³/mol. The van der Waals surface area contributed by atoms with Gasteiger partial charge in [-0.05, 0) is 38.8 Å². The molecular formula is C14H30N2S. The molecule has 2 atom stereocenters.